The van der Waals surface area contributed by atoms with E-state index in [1.807, 2.05) is 38.1 Å². The zero-order chi connectivity index (χ0) is 12.2. The maximum atomic E-state index is 5.84. The van der Waals surface area contributed by atoms with E-state index in [0.717, 1.165) is 17.0 Å². The Labute approximate surface area is 102 Å². The van der Waals surface area contributed by atoms with Gasteiger partial charge in [0.2, 0.25) is 0 Å². The zero-order valence-corrected chi connectivity index (χ0v) is 10.7. The summed E-state index contributed by atoms with van der Waals surface area (Å²) < 4.78 is 5.39. The smallest absolute Gasteiger partial charge is 0.0641 e. The second-order valence-electron chi connectivity index (χ2n) is 4.44. The van der Waals surface area contributed by atoms with Crippen molar-refractivity contribution in [2.75, 3.05) is 7.11 Å². The lowest BCUT2D eigenvalue weighted by atomic mass is 9.94. The average molecular weight is 243 g/mol. The van der Waals surface area contributed by atoms with Crippen molar-refractivity contribution in [3.8, 4) is 0 Å². The van der Waals surface area contributed by atoms with Crippen LogP contribution in [0.2, 0.25) is 5.02 Å². The number of hydrogen-bond donors (Lipinski definition) is 2. The summed E-state index contributed by atoms with van der Waals surface area (Å²) in [7, 11) is 1.70. The van der Waals surface area contributed by atoms with Crippen molar-refractivity contribution in [3.05, 3.63) is 34.9 Å². The van der Waals surface area contributed by atoms with Crippen LogP contribution in [0.3, 0.4) is 0 Å². The summed E-state index contributed by atoms with van der Waals surface area (Å²) in [6.07, 6.45) is 0.793. The highest BCUT2D eigenvalue weighted by Gasteiger charge is 2.23. The van der Waals surface area contributed by atoms with Crippen LogP contribution in [0, 0.1) is 0 Å². The molecule has 16 heavy (non-hydrogen) atoms. The molecule has 3 N–H and O–H groups in total. The van der Waals surface area contributed by atoms with E-state index in [0.29, 0.717) is 0 Å². The molecular weight excluding hydrogens is 224 g/mol. The summed E-state index contributed by atoms with van der Waals surface area (Å²) in [5, 5.41) is 0.727. The molecule has 0 fully saturated rings. The maximum absolute atomic E-state index is 5.84. The van der Waals surface area contributed by atoms with Crippen molar-refractivity contribution in [1.29, 1.82) is 0 Å². The molecule has 1 rings (SSSR count). The quantitative estimate of drug-likeness (QED) is 0.617. The molecule has 0 radical (unpaired) electrons. The third kappa shape index (κ3) is 3.76. The van der Waals surface area contributed by atoms with Gasteiger partial charge in [-0.05, 0) is 38.0 Å². The number of halogens is 1. The van der Waals surface area contributed by atoms with Crippen LogP contribution in [0.15, 0.2) is 24.3 Å². The molecule has 0 bridgehead atoms. The summed E-state index contributed by atoms with van der Waals surface area (Å²) in [6.45, 7) is 4.07. The minimum absolute atomic E-state index is 0.0622. The Balaban J connectivity index is 2.78. The third-order valence-corrected chi connectivity index (χ3v) is 2.97. The Kier molecular flexibility index (Phi) is 4.74. The molecule has 0 amide bonds. The molecule has 0 aliphatic carbocycles. The molecule has 3 nitrogen and oxygen atoms in total. The van der Waals surface area contributed by atoms with Gasteiger partial charge in [0.25, 0.3) is 0 Å². The van der Waals surface area contributed by atoms with Gasteiger partial charge in [0.1, 0.15) is 0 Å². The van der Waals surface area contributed by atoms with Crippen molar-refractivity contribution in [2.45, 2.75) is 31.9 Å². The average Bonchev–Trinajstić information content (AvgIpc) is 2.27. The van der Waals surface area contributed by atoms with Gasteiger partial charge in [0.15, 0.2) is 0 Å². The van der Waals surface area contributed by atoms with Gasteiger partial charge in [-0.1, -0.05) is 23.7 Å². The van der Waals surface area contributed by atoms with E-state index >= 15 is 0 Å². The van der Waals surface area contributed by atoms with Gasteiger partial charge in [0.05, 0.1) is 5.60 Å². The van der Waals surface area contributed by atoms with E-state index in [-0.39, 0.29) is 11.6 Å². The maximum Gasteiger partial charge on any atom is 0.0641 e. The largest absolute Gasteiger partial charge is 0.379 e. The summed E-state index contributed by atoms with van der Waals surface area (Å²) in [5.74, 6) is 5.57. The summed E-state index contributed by atoms with van der Waals surface area (Å²) >= 11 is 5.84. The van der Waals surface area contributed by atoms with Gasteiger partial charge >= 0.3 is 0 Å². The lowest BCUT2D eigenvalue weighted by molar-refractivity contribution is 0.00681. The predicted octanol–water partition coefficient (Wildman–Crippen LogP) is 2.66. The molecule has 1 unspecified atom stereocenters. The molecule has 0 heterocycles. The zero-order valence-electron chi connectivity index (χ0n) is 9.96. The van der Waals surface area contributed by atoms with Crippen LogP contribution in [0.4, 0.5) is 0 Å². The van der Waals surface area contributed by atoms with E-state index in [4.69, 9.17) is 22.2 Å². The van der Waals surface area contributed by atoms with Crippen LogP contribution in [-0.4, -0.2) is 12.7 Å². The number of rotatable bonds is 5. The predicted molar refractivity (Wildman–Crippen MR) is 67.2 cm³/mol. The number of nitrogens with one attached hydrogen (secondary N) is 1. The van der Waals surface area contributed by atoms with Crippen LogP contribution < -0.4 is 11.3 Å². The molecular formula is C12H19ClN2O. The highest BCUT2D eigenvalue weighted by Crippen LogP contribution is 2.26. The van der Waals surface area contributed by atoms with Crippen molar-refractivity contribution in [3.63, 3.8) is 0 Å². The SMILES string of the molecule is COC(C)(C)CC(NN)c1ccc(Cl)cc1. The Morgan fingerprint density at radius 2 is 1.94 bits per heavy atom. The van der Waals surface area contributed by atoms with E-state index in [1.54, 1.807) is 7.11 Å². The molecule has 0 saturated carbocycles. The van der Waals surface area contributed by atoms with E-state index in [9.17, 15) is 0 Å². The summed E-state index contributed by atoms with van der Waals surface area (Å²) in [6, 6.07) is 7.73. The number of methoxy groups -OCH3 is 1. The first-order valence-electron chi connectivity index (χ1n) is 5.25. The van der Waals surface area contributed by atoms with Crippen LogP contribution in [-0.2, 0) is 4.74 Å². The fourth-order valence-electron chi connectivity index (χ4n) is 1.54. The number of hydrogen-bond acceptors (Lipinski definition) is 3. The monoisotopic (exact) mass is 242 g/mol. The second-order valence-corrected chi connectivity index (χ2v) is 4.88. The van der Waals surface area contributed by atoms with Crippen LogP contribution in [0.5, 0.6) is 0 Å². The van der Waals surface area contributed by atoms with Gasteiger partial charge in [0, 0.05) is 18.2 Å². The third-order valence-electron chi connectivity index (χ3n) is 2.72. The van der Waals surface area contributed by atoms with E-state index < -0.39 is 0 Å². The van der Waals surface area contributed by atoms with Gasteiger partial charge in [-0.2, -0.15) is 0 Å². The number of benzene rings is 1. The number of hydrazine groups is 1. The molecule has 1 aromatic rings. The lowest BCUT2D eigenvalue weighted by Gasteiger charge is -2.28. The van der Waals surface area contributed by atoms with Gasteiger partial charge in [-0.25, -0.2) is 0 Å². The molecule has 1 atom stereocenters. The Morgan fingerprint density at radius 1 is 1.38 bits per heavy atom. The molecule has 0 spiro atoms. The minimum atomic E-state index is -0.212. The van der Waals surface area contributed by atoms with Crippen LogP contribution in [0.25, 0.3) is 0 Å². The topological polar surface area (TPSA) is 47.3 Å². The fraction of sp³-hybridized carbons (Fsp3) is 0.500. The first-order chi connectivity index (χ1) is 7.48. The highest BCUT2D eigenvalue weighted by molar-refractivity contribution is 6.30. The summed E-state index contributed by atoms with van der Waals surface area (Å²) in [5.41, 5.74) is 3.70. The minimum Gasteiger partial charge on any atom is -0.379 e. The molecule has 4 heteroatoms. The molecule has 0 aliphatic heterocycles. The van der Waals surface area contributed by atoms with Gasteiger partial charge < -0.3 is 4.74 Å². The van der Waals surface area contributed by atoms with E-state index in [1.165, 1.54) is 0 Å². The highest BCUT2D eigenvalue weighted by atomic mass is 35.5. The number of nitrogens with two attached hydrogens (primary N) is 1. The van der Waals surface area contributed by atoms with E-state index in [2.05, 4.69) is 5.43 Å². The van der Waals surface area contributed by atoms with Gasteiger partial charge in [-0.15, -0.1) is 0 Å². The first kappa shape index (κ1) is 13.5. The molecule has 0 aromatic heterocycles. The Hall–Kier alpha value is -0.610. The second kappa shape index (κ2) is 5.64. The van der Waals surface area contributed by atoms with Crippen molar-refractivity contribution in [1.82, 2.24) is 5.43 Å². The molecule has 90 valence electrons. The first-order valence-corrected chi connectivity index (χ1v) is 5.63. The number of ether oxygens (including phenoxy) is 1. The lowest BCUT2D eigenvalue weighted by Crippen LogP contribution is -2.35. The standard InChI is InChI=1S/C12H19ClN2O/c1-12(2,16-3)8-11(15-14)9-4-6-10(13)7-5-9/h4-7,11,15H,8,14H2,1-3H3. The van der Waals surface area contributed by atoms with Crippen molar-refractivity contribution >= 4 is 11.6 Å². The normalized spacial score (nSPS) is 13.8. The van der Waals surface area contributed by atoms with Gasteiger partial charge in [-0.3, -0.25) is 11.3 Å². The van der Waals surface area contributed by atoms with Crippen LogP contribution in [0.1, 0.15) is 31.9 Å². The van der Waals surface area contributed by atoms with Crippen molar-refractivity contribution in [2.24, 2.45) is 5.84 Å². The molecule has 1 aromatic carbocycles. The van der Waals surface area contributed by atoms with Crippen molar-refractivity contribution < 1.29 is 4.74 Å². The molecule has 0 saturated heterocycles. The Bertz CT molecular complexity index is 324. The fourth-order valence-corrected chi connectivity index (χ4v) is 1.67. The van der Waals surface area contributed by atoms with Crippen LogP contribution >= 0.6 is 11.6 Å². The molecule has 0 aliphatic rings. The Morgan fingerprint density at radius 3 is 2.38 bits per heavy atom. The summed E-state index contributed by atoms with van der Waals surface area (Å²) in [4.78, 5) is 0.